The highest BCUT2D eigenvalue weighted by atomic mass is 35.5. The van der Waals surface area contributed by atoms with Crippen molar-refractivity contribution in [1.82, 2.24) is 15.0 Å². The van der Waals surface area contributed by atoms with Gasteiger partial charge in [-0.3, -0.25) is 0 Å². The lowest BCUT2D eigenvalue weighted by Crippen LogP contribution is -1.97. The fourth-order valence-corrected chi connectivity index (χ4v) is 2.74. The van der Waals surface area contributed by atoms with Crippen LogP contribution in [-0.2, 0) is 0 Å². The van der Waals surface area contributed by atoms with Gasteiger partial charge >= 0.3 is 6.01 Å². The highest BCUT2D eigenvalue weighted by molar-refractivity contribution is 7.99. The maximum atomic E-state index is 5.83. The van der Waals surface area contributed by atoms with E-state index >= 15 is 0 Å². The van der Waals surface area contributed by atoms with E-state index in [4.69, 9.17) is 25.8 Å². The van der Waals surface area contributed by atoms with Gasteiger partial charge in [0.2, 0.25) is 5.28 Å². The monoisotopic (exact) mass is 325 g/mol. The van der Waals surface area contributed by atoms with Crippen molar-refractivity contribution >= 4 is 23.4 Å². The number of benzene rings is 1. The molecular weight excluding hydrogens is 314 g/mol. The Morgan fingerprint density at radius 3 is 2.76 bits per heavy atom. The zero-order valence-corrected chi connectivity index (χ0v) is 12.8. The average Bonchev–Trinajstić information content (AvgIpc) is 2.71. The highest BCUT2D eigenvalue weighted by Crippen LogP contribution is 2.35. The molecule has 1 aromatic carbocycles. The van der Waals surface area contributed by atoms with Crippen LogP contribution in [0.3, 0.4) is 0 Å². The van der Waals surface area contributed by atoms with Crippen molar-refractivity contribution < 1.29 is 14.2 Å². The van der Waals surface area contributed by atoms with Crippen LogP contribution in [-0.4, -0.2) is 35.3 Å². The second kappa shape index (κ2) is 6.36. The second-order valence-electron chi connectivity index (χ2n) is 4.13. The maximum absolute atomic E-state index is 5.83. The van der Waals surface area contributed by atoms with E-state index in [0.717, 1.165) is 22.8 Å². The van der Waals surface area contributed by atoms with E-state index in [1.807, 2.05) is 18.2 Å². The summed E-state index contributed by atoms with van der Waals surface area (Å²) in [6.07, 6.45) is 0.872. The first-order valence-electron chi connectivity index (χ1n) is 6.27. The number of methoxy groups -OCH3 is 1. The molecule has 6 nitrogen and oxygen atoms in total. The van der Waals surface area contributed by atoms with Crippen molar-refractivity contribution in [2.45, 2.75) is 16.5 Å². The quantitative estimate of drug-likeness (QED) is 0.859. The Kier molecular flexibility index (Phi) is 4.31. The number of rotatable bonds is 3. The summed E-state index contributed by atoms with van der Waals surface area (Å²) in [5.41, 5.74) is 0. The minimum atomic E-state index is 0.0960. The molecule has 3 rings (SSSR count). The summed E-state index contributed by atoms with van der Waals surface area (Å²) in [5.74, 6) is 1.48. The van der Waals surface area contributed by atoms with Crippen LogP contribution < -0.4 is 14.2 Å². The Morgan fingerprint density at radius 2 is 1.95 bits per heavy atom. The molecule has 21 heavy (non-hydrogen) atoms. The van der Waals surface area contributed by atoms with Gasteiger partial charge in [0.15, 0.2) is 16.7 Å². The van der Waals surface area contributed by atoms with Crippen molar-refractivity contribution in [2.75, 3.05) is 20.3 Å². The van der Waals surface area contributed by atoms with E-state index in [1.165, 1.54) is 18.9 Å². The Morgan fingerprint density at radius 1 is 1.14 bits per heavy atom. The molecule has 0 N–H and O–H groups in total. The second-order valence-corrected chi connectivity index (χ2v) is 5.51. The van der Waals surface area contributed by atoms with Crippen LogP contribution in [0.25, 0.3) is 0 Å². The van der Waals surface area contributed by atoms with Gasteiger partial charge in [-0.25, -0.2) is 0 Å². The highest BCUT2D eigenvalue weighted by Gasteiger charge is 2.13. The lowest BCUT2D eigenvalue weighted by atomic mass is 10.3. The molecule has 2 heterocycles. The van der Waals surface area contributed by atoms with Gasteiger partial charge in [-0.1, -0.05) is 0 Å². The predicted octanol–water partition coefficient (Wildman–Crippen LogP) is 2.85. The number of fused-ring (bicyclic) bond motifs is 1. The van der Waals surface area contributed by atoms with Crippen molar-refractivity contribution in [3.8, 4) is 17.5 Å². The molecule has 1 aliphatic heterocycles. The van der Waals surface area contributed by atoms with Crippen LogP contribution in [0.15, 0.2) is 28.3 Å². The molecule has 0 unspecified atom stereocenters. The van der Waals surface area contributed by atoms with E-state index in [2.05, 4.69) is 15.0 Å². The van der Waals surface area contributed by atoms with E-state index in [1.54, 1.807) is 0 Å². The molecule has 110 valence electrons. The van der Waals surface area contributed by atoms with Crippen molar-refractivity contribution in [2.24, 2.45) is 0 Å². The largest absolute Gasteiger partial charge is 0.490 e. The van der Waals surface area contributed by atoms with Gasteiger partial charge in [0.1, 0.15) is 0 Å². The molecule has 2 aromatic rings. The lowest BCUT2D eigenvalue weighted by molar-refractivity contribution is 0.297. The van der Waals surface area contributed by atoms with Crippen LogP contribution in [0.2, 0.25) is 5.28 Å². The number of hydrogen-bond donors (Lipinski definition) is 0. The topological polar surface area (TPSA) is 66.4 Å². The number of aromatic nitrogens is 3. The van der Waals surface area contributed by atoms with Gasteiger partial charge in [-0.15, -0.1) is 0 Å². The maximum Gasteiger partial charge on any atom is 0.321 e. The van der Waals surface area contributed by atoms with E-state index in [-0.39, 0.29) is 11.3 Å². The number of hydrogen-bond acceptors (Lipinski definition) is 7. The molecular formula is C13H12ClN3O3S. The van der Waals surface area contributed by atoms with Gasteiger partial charge in [0.05, 0.1) is 20.3 Å². The van der Waals surface area contributed by atoms with Crippen molar-refractivity contribution in [3.63, 3.8) is 0 Å². The molecule has 0 atom stereocenters. The van der Waals surface area contributed by atoms with Gasteiger partial charge in [0, 0.05) is 11.3 Å². The normalized spacial score (nSPS) is 13.6. The smallest absolute Gasteiger partial charge is 0.321 e. The number of ether oxygens (including phenoxy) is 3. The summed E-state index contributed by atoms with van der Waals surface area (Å²) >= 11 is 7.18. The standard InChI is InChI=1S/C13H12ClN3O3S/c1-18-12-15-11(14)16-13(17-12)21-8-3-4-9-10(7-8)20-6-2-5-19-9/h3-4,7H,2,5-6H2,1H3. The van der Waals surface area contributed by atoms with Crippen LogP contribution >= 0.6 is 23.4 Å². The summed E-state index contributed by atoms with van der Waals surface area (Å²) in [4.78, 5) is 13.0. The molecule has 0 aliphatic carbocycles. The average molecular weight is 326 g/mol. The van der Waals surface area contributed by atoms with Gasteiger partial charge in [0.25, 0.3) is 0 Å². The summed E-state index contributed by atoms with van der Waals surface area (Å²) in [6.45, 7) is 1.31. The van der Waals surface area contributed by atoms with Crippen LogP contribution in [0, 0.1) is 0 Å². The van der Waals surface area contributed by atoms with Gasteiger partial charge in [-0.05, 0) is 41.6 Å². The third kappa shape index (κ3) is 3.48. The Labute approximate surface area is 130 Å². The third-order valence-corrected chi connectivity index (χ3v) is 3.70. The minimum absolute atomic E-state index is 0.0960. The minimum Gasteiger partial charge on any atom is -0.490 e. The molecule has 0 fully saturated rings. The van der Waals surface area contributed by atoms with Crippen LogP contribution in [0.4, 0.5) is 0 Å². The van der Waals surface area contributed by atoms with Crippen LogP contribution in [0.1, 0.15) is 6.42 Å². The SMILES string of the molecule is COc1nc(Cl)nc(Sc2ccc3c(c2)OCCCO3)n1. The molecule has 0 saturated heterocycles. The zero-order chi connectivity index (χ0) is 14.7. The Balaban J connectivity index is 1.85. The summed E-state index contributed by atoms with van der Waals surface area (Å²) in [6, 6.07) is 5.88. The molecule has 1 aliphatic rings. The van der Waals surface area contributed by atoms with Crippen molar-refractivity contribution in [1.29, 1.82) is 0 Å². The molecule has 0 bridgehead atoms. The van der Waals surface area contributed by atoms with Gasteiger partial charge < -0.3 is 14.2 Å². The van der Waals surface area contributed by atoms with E-state index in [0.29, 0.717) is 18.4 Å². The first-order valence-corrected chi connectivity index (χ1v) is 7.47. The Hall–Kier alpha value is -1.73. The number of halogens is 1. The molecule has 0 spiro atoms. The fraction of sp³-hybridized carbons (Fsp3) is 0.308. The van der Waals surface area contributed by atoms with Gasteiger partial charge in [-0.2, -0.15) is 15.0 Å². The van der Waals surface area contributed by atoms with Crippen molar-refractivity contribution in [3.05, 3.63) is 23.5 Å². The molecule has 1 aromatic heterocycles. The fourth-order valence-electron chi connectivity index (χ4n) is 1.76. The van der Waals surface area contributed by atoms with E-state index < -0.39 is 0 Å². The number of nitrogens with zero attached hydrogens (tertiary/aromatic N) is 3. The Bertz CT molecular complexity index is 657. The first-order chi connectivity index (χ1) is 10.2. The predicted molar refractivity (Wildman–Crippen MR) is 77.6 cm³/mol. The molecule has 8 heteroatoms. The zero-order valence-electron chi connectivity index (χ0n) is 11.2. The summed E-state index contributed by atoms with van der Waals surface area (Å²) in [7, 11) is 1.48. The summed E-state index contributed by atoms with van der Waals surface area (Å²) in [5, 5.41) is 0.556. The molecule has 0 saturated carbocycles. The van der Waals surface area contributed by atoms with Crippen LogP contribution in [0.5, 0.6) is 17.5 Å². The molecule has 0 amide bonds. The summed E-state index contributed by atoms with van der Waals surface area (Å²) < 4.78 is 16.2. The first kappa shape index (κ1) is 14.2. The lowest BCUT2D eigenvalue weighted by Gasteiger charge is -2.08. The molecule has 0 radical (unpaired) electrons. The third-order valence-electron chi connectivity index (χ3n) is 2.68. The van der Waals surface area contributed by atoms with E-state index in [9.17, 15) is 0 Å².